The number of sulfonamides is 1. The minimum absolute atomic E-state index is 0.0417. The van der Waals surface area contributed by atoms with Gasteiger partial charge in [0.25, 0.3) is 0 Å². The summed E-state index contributed by atoms with van der Waals surface area (Å²) in [5.41, 5.74) is 3.75. The molecule has 300 valence electrons. The first-order valence-electron chi connectivity index (χ1n) is 19.7. The Morgan fingerprint density at radius 3 is 2.45 bits per heavy atom. The van der Waals surface area contributed by atoms with Crippen LogP contribution in [0.2, 0.25) is 25.7 Å². The van der Waals surface area contributed by atoms with Crippen molar-refractivity contribution >= 4 is 24.2 Å². The van der Waals surface area contributed by atoms with E-state index >= 15 is 0 Å². The number of ether oxygens (including phenoxy) is 6. The number of fused-ring (bicyclic) bond motifs is 1. The molecule has 1 atom stereocenters. The van der Waals surface area contributed by atoms with E-state index in [0.717, 1.165) is 71.9 Å². The van der Waals surface area contributed by atoms with Crippen molar-refractivity contribution in [3.63, 3.8) is 0 Å². The molecule has 6 rings (SSSR count). The maximum Gasteiger partial charge on any atom is 0.410 e. The van der Waals surface area contributed by atoms with E-state index in [4.69, 9.17) is 28.4 Å². The van der Waals surface area contributed by atoms with Crippen molar-refractivity contribution in [2.24, 2.45) is 0 Å². The molecule has 13 heteroatoms. The van der Waals surface area contributed by atoms with Crippen LogP contribution in [0.5, 0.6) is 11.5 Å². The van der Waals surface area contributed by atoms with Crippen LogP contribution in [0.4, 0.5) is 4.79 Å². The maximum atomic E-state index is 13.9. The third-order valence-corrected chi connectivity index (χ3v) is 13.9. The van der Waals surface area contributed by atoms with Gasteiger partial charge >= 0.3 is 6.09 Å². The zero-order chi connectivity index (χ0) is 39.1. The number of rotatable bonds is 18. The lowest BCUT2D eigenvalue weighted by Crippen LogP contribution is -2.43. The zero-order valence-electron chi connectivity index (χ0n) is 33.1. The summed E-state index contributed by atoms with van der Waals surface area (Å²) in [5, 5.41) is 0. The first kappa shape index (κ1) is 41.2. The van der Waals surface area contributed by atoms with Crippen LogP contribution in [0.1, 0.15) is 74.3 Å². The van der Waals surface area contributed by atoms with Crippen molar-refractivity contribution < 1.29 is 41.6 Å². The number of cyclic esters (lactones) is 1. The summed E-state index contributed by atoms with van der Waals surface area (Å²) in [6.45, 7) is 13.8. The Morgan fingerprint density at radius 1 is 0.909 bits per heavy atom. The first-order valence-corrected chi connectivity index (χ1v) is 24.8. The monoisotopic (exact) mass is 794 g/mol. The van der Waals surface area contributed by atoms with Crippen molar-refractivity contribution in [2.75, 3.05) is 39.6 Å². The summed E-state index contributed by atoms with van der Waals surface area (Å²) in [6, 6.07) is 21.7. The quantitative estimate of drug-likeness (QED) is 0.0713. The fourth-order valence-corrected chi connectivity index (χ4v) is 9.45. The average Bonchev–Trinajstić information content (AvgIpc) is 3.53. The molecule has 0 spiro atoms. The van der Waals surface area contributed by atoms with Gasteiger partial charge in [-0.2, -0.15) is 4.31 Å². The second-order valence-electron chi connectivity index (χ2n) is 16.5. The van der Waals surface area contributed by atoms with Gasteiger partial charge in [0.1, 0.15) is 30.9 Å². The normalized spacial score (nSPS) is 18.9. The van der Waals surface area contributed by atoms with Crippen LogP contribution >= 0.6 is 0 Å². The highest BCUT2D eigenvalue weighted by Gasteiger charge is 2.35. The lowest BCUT2D eigenvalue weighted by Gasteiger charge is -2.33. The van der Waals surface area contributed by atoms with Gasteiger partial charge in [0, 0.05) is 46.7 Å². The molecule has 3 aromatic rings. The molecule has 11 nitrogen and oxygen atoms in total. The number of hydrogen-bond donors (Lipinski definition) is 0. The maximum absolute atomic E-state index is 13.9. The van der Waals surface area contributed by atoms with E-state index in [1.54, 1.807) is 27.4 Å². The molecule has 3 aromatic carbocycles. The van der Waals surface area contributed by atoms with Gasteiger partial charge in [0.2, 0.25) is 15.8 Å². The minimum atomic E-state index is -3.74. The smallest absolute Gasteiger partial charge is 0.410 e. The fourth-order valence-electron chi connectivity index (χ4n) is 7.05. The van der Waals surface area contributed by atoms with Gasteiger partial charge < -0.3 is 33.3 Å². The number of carbonyl (C=O) groups is 1. The topological polar surface area (TPSA) is 113 Å². The molecule has 1 aliphatic carbocycles. The number of amides is 1. The lowest BCUT2D eigenvalue weighted by molar-refractivity contribution is -0.180. The minimum Gasteiger partial charge on any atom is -0.491 e. The van der Waals surface area contributed by atoms with Crippen molar-refractivity contribution in [1.29, 1.82) is 0 Å². The molecule has 1 saturated heterocycles. The SMILES string of the molecule is CC1(C)OCc2cc(C3CN(CCc4ccc(OCCOCc5cccc(S(=O)(=O)N(COCC[Si](C)(C)C)C6CCCCC6)c5)cc4)C(=O)O3)ccc2O1. The zero-order valence-corrected chi connectivity index (χ0v) is 34.9. The molecule has 1 unspecified atom stereocenters. The Morgan fingerprint density at radius 2 is 1.69 bits per heavy atom. The molecule has 0 N–H and O–H groups in total. The Hall–Kier alpha value is -3.46. The van der Waals surface area contributed by atoms with Gasteiger partial charge in [0.05, 0.1) is 31.3 Å². The molecule has 2 aliphatic heterocycles. The summed E-state index contributed by atoms with van der Waals surface area (Å²) in [6.07, 6.45) is 4.97. The highest BCUT2D eigenvalue weighted by Crippen LogP contribution is 2.35. The summed E-state index contributed by atoms with van der Waals surface area (Å²) in [4.78, 5) is 14.7. The van der Waals surface area contributed by atoms with E-state index in [2.05, 4.69) is 19.6 Å². The fraction of sp³-hybridized carbons (Fsp3) is 0.548. The molecule has 0 radical (unpaired) electrons. The molecule has 3 aliphatic rings. The van der Waals surface area contributed by atoms with E-state index in [9.17, 15) is 13.2 Å². The standard InChI is InChI=1S/C42H58N2O9SSi/c1-42(2)51-30-35-27-34(16-19-39(35)53-42)40-28-43(41(45)52-40)21-20-32-14-17-37(18-15-32)50-23-22-48-29-33-10-9-13-38(26-33)54(46,47)44(36-11-7-6-8-12-36)31-49-24-25-55(3,4)5/h9-10,13-19,26-27,36,40H,6-8,11-12,20-25,28-31H2,1-5H3. The second kappa shape index (κ2) is 18.2. The molecule has 2 fully saturated rings. The molecule has 0 bridgehead atoms. The molecule has 2 heterocycles. The Kier molecular flexibility index (Phi) is 13.6. The third kappa shape index (κ3) is 11.5. The predicted octanol–water partition coefficient (Wildman–Crippen LogP) is 8.30. The van der Waals surface area contributed by atoms with E-state index in [1.807, 2.05) is 62.4 Å². The van der Waals surface area contributed by atoms with Gasteiger partial charge in [-0.15, -0.1) is 0 Å². The van der Waals surface area contributed by atoms with Crippen LogP contribution in [0.3, 0.4) is 0 Å². The van der Waals surface area contributed by atoms with Gasteiger partial charge in [-0.3, -0.25) is 0 Å². The lowest BCUT2D eigenvalue weighted by atomic mass is 9.96. The Labute approximate surface area is 328 Å². The van der Waals surface area contributed by atoms with Gasteiger partial charge in [-0.1, -0.05) is 69.2 Å². The van der Waals surface area contributed by atoms with E-state index in [0.29, 0.717) is 45.9 Å². The van der Waals surface area contributed by atoms with E-state index in [1.165, 1.54) is 0 Å². The number of benzene rings is 3. The summed E-state index contributed by atoms with van der Waals surface area (Å²) in [5.74, 6) is 0.858. The van der Waals surface area contributed by atoms with Crippen molar-refractivity contribution in [2.45, 2.75) is 114 Å². The van der Waals surface area contributed by atoms with E-state index < -0.39 is 23.9 Å². The molecule has 1 amide bonds. The summed E-state index contributed by atoms with van der Waals surface area (Å²) >= 11 is 0. The average molecular weight is 795 g/mol. The van der Waals surface area contributed by atoms with Crippen LogP contribution in [0, 0.1) is 0 Å². The summed E-state index contributed by atoms with van der Waals surface area (Å²) < 4.78 is 64.6. The number of carbonyl (C=O) groups excluding carboxylic acids is 1. The third-order valence-electron chi connectivity index (χ3n) is 10.3. The number of hydrogen-bond acceptors (Lipinski definition) is 9. The first-order chi connectivity index (χ1) is 26.3. The number of nitrogens with zero attached hydrogens (tertiary/aromatic N) is 2. The Bertz CT molecular complexity index is 1840. The van der Waals surface area contributed by atoms with Crippen LogP contribution in [-0.2, 0) is 48.6 Å². The molecule has 55 heavy (non-hydrogen) atoms. The van der Waals surface area contributed by atoms with Gasteiger partial charge in [-0.25, -0.2) is 13.2 Å². The second-order valence-corrected chi connectivity index (χ2v) is 24.0. The molecule has 0 aromatic heterocycles. The molecular weight excluding hydrogens is 737 g/mol. The van der Waals surface area contributed by atoms with Gasteiger partial charge in [0.15, 0.2) is 0 Å². The molecule has 1 saturated carbocycles. The molecular formula is C42H58N2O9SSi. The van der Waals surface area contributed by atoms with E-state index in [-0.39, 0.29) is 36.5 Å². The van der Waals surface area contributed by atoms with Crippen LogP contribution in [0.25, 0.3) is 0 Å². The van der Waals surface area contributed by atoms with Crippen molar-refractivity contribution in [1.82, 2.24) is 9.21 Å². The van der Waals surface area contributed by atoms with Crippen molar-refractivity contribution in [3.05, 3.63) is 89.0 Å². The van der Waals surface area contributed by atoms with Crippen molar-refractivity contribution in [3.8, 4) is 11.5 Å². The predicted molar refractivity (Wildman–Crippen MR) is 213 cm³/mol. The largest absolute Gasteiger partial charge is 0.491 e. The van der Waals surface area contributed by atoms with Gasteiger partial charge in [-0.05, 0) is 78.4 Å². The summed E-state index contributed by atoms with van der Waals surface area (Å²) in [7, 11) is -5.03. The Balaban J connectivity index is 0.927. The van der Waals surface area contributed by atoms with Crippen LogP contribution < -0.4 is 9.47 Å². The highest BCUT2D eigenvalue weighted by atomic mass is 32.2. The van der Waals surface area contributed by atoms with Crippen LogP contribution in [0.15, 0.2) is 71.6 Å². The van der Waals surface area contributed by atoms with Crippen LogP contribution in [-0.4, -0.2) is 83.3 Å². The highest BCUT2D eigenvalue weighted by molar-refractivity contribution is 7.89.